The summed E-state index contributed by atoms with van der Waals surface area (Å²) in [5, 5.41) is 22.6. The molecule has 27 heavy (non-hydrogen) atoms. The van der Waals surface area contributed by atoms with Gasteiger partial charge in [0.15, 0.2) is 5.69 Å². The minimum atomic E-state index is -0.454. The van der Waals surface area contributed by atoms with Crippen LogP contribution in [0.2, 0.25) is 0 Å². The van der Waals surface area contributed by atoms with E-state index in [1.807, 2.05) is 4.90 Å². The number of non-ortho nitro benzene ring substituents is 1. The summed E-state index contributed by atoms with van der Waals surface area (Å²) in [7, 11) is 0. The number of hydrogen-bond acceptors (Lipinski definition) is 6. The van der Waals surface area contributed by atoms with Crippen LogP contribution in [0.15, 0.2) is 24.3 Å². The molecule has 2 aliphatic heterocycles. The molecule has 2 fully saturated rings. The van der Waals surface area contributed by atoms with Gasteiger partial charge >= 0.3 is 0 Å². The van der Waals surface area contributed by atoms with Gasteiger partial charge in [0.05, 0.1) is 16.3 Å². The number of carbonyl (C=O) groups excluding carboxylic acids is 1. The number of benzene rings is 1. The fourth-order valence-corrected chi connectivity index (χ4v) is 4.08. The topological polar surface area (TPSA) is 106 Å². The van der Waals surface area contributed by atoms with E-state index in [1.54, 1.807) is 19.1 Å². The summed E-state index contributed by atoms with van der Waals surface area (Å²) in [5.74, 6) is 1.17. The van der Waals surface area contributed by atoms with Crippen molar-refractivity contribution in [2.24, 2.45) is 11.8 Å². The van der Waals surface area contributed by atoms with Crippen molar-refractivity contribution in [1.29, 1.82) is 0 Å². The van der Waals surface area contributed by atoms with Crippen LogP contribution in [0.1, 0.15) is 29.0 Å². The van der Waals surface area contributed by atoms with Gasteiger partial charge in [0, 0.05) is 25.2 Å². The zero-order valence-corrected chi connectivity index (χ0v) is 15.2. The number of nitro benzene ring substituents is 1. The third-order valence-corrected chi connectivity index (χ3v) is 5.69. The highest BCUT2D eigenvalue weighted by Crippen LogP contribution is 2.28. The zero-order chi connectivity index (χ0) is 19.0. The van der Waals surface area contributed by atoms with Crippen LogP contribution in [0.3, 0.4) is 0 Å². The van der Waals surface area contributed by atoms with Gasteiger partial charge in [-0.2, -0.15) is 0 Å². The monoisotopic (exact) mass is 370 g/mol. The molecule has 0 aliphatic carbocycles. The molecule has 0 saturated carbocycles. The lowest BCUT2D eigenvalue weighted by atomic mass is 9.92. The highest BCUT2D eigenvalue weighted by atomic mass is 16.6. The Balaban J connectivity index is 1.56. The fraction of sp³-hybridized carbons (Fsp3) is 0.500. The summed E-state index contributed by atoms with van der Waals surface area (Å²) in [4.78, 5) is 25.4. The fourth-order valence-electron chi connectivity index (χ4n) is 4.08. The van der Waals surface area contributed by atoms with Crippen LogP contribution in [-0.4, -0.2) is 56.9 Å². The van der Waals surface area contributed by atoms with E-state index < -0.39 is 4.92 Å². The standard InChI is InChI=1S/C18H22N6O3/c1-12-17(18(25)22-7-5-13-10-19-11-14(13)6-8-22)20-21-23(12)15-3-2-4-16(9-15)24(26)27/h2-4,9,13-14,19H,5-8,10-11H2,1H3/t13-,14+. The summed E-state index contributed by atoms with van der Waals surface area (Å²) in [6.07, 6.45) is 2.00. The van der Waals surface area contributed by atoms with Crippen molar-refractivity contribution in [3.05, 3.63) is 45.8 Å². The molecule has 2 saturated heterocycles. The number of rotatable bonds is 3. The van der Waals surface area contributed by atoms with Crippen molar-refractivity contribution >= 4 is 11.6 Å². The van der Waals surface area contributed by atoms with E-state index in [1.165, 1.54) is 16.8 Å². The smallest absolute Gasteiger partial charge is 0.276 e. The number of aromatic nitrogens is 3. The Morgan fingerprint density at radius 1 is 1.26 bits per heavy atom. The maximum Gasteiger partial charge on any atom is 0.276 e. The first-order valence-electron chi connectivity index (χ1n) is 9.21. The first-order valence-corrected chi connectivity index (χ1v) is 9.21. The normalized spacial score (nSPS) is 22.3. The number of nitro groups is 1. The predicted molar refractivity (Wildman–Crippen MR) is 97.7 cm³/mol. The lowest BCUT2D eigenvalue weighted by Crippen LogP contribution is -2.33. The van der Waals surface area contributed by atoms with E-state index >= 15 is 0 Å². The number of amides is 1. The Bertz CT molecular complexity index is 866. The molecule has 2 atom stereocenters. The van der Waals surface area contributed by atoms with E-state index in [2.05, 4.69) is 15.6 Å². The Morgan fingerprint density at radius 3 is 2.63 bits per heavy atom. The van der Waals surface area contributed by atoms with Crippen LogP contribution >= 0.6 is 0 Å². The van der Waals surface area contributed by atoms with Crippen molar-refractivity contribution in [2.45, 2.75) is 19.8 Å². The molecule has 2 aliphatic rings. The first kappa shape index (κ1) is 17.6. The number of likely N-dealkylation sites (tertiary alicyclic amines) is 1. The predicted octanol–water partition coefficient (Wildman–Crippen LogP) is 1.56. The molecule has 9 heteroatoms. The molecule has 142 valence electrons. The molecule has 1 N–H and O–H groups in total. The molecule has 1 amide bonds. The molecule has 3 heterocycles. The summed E-state index contributed by atoms with van der Waals surface area (Å²) in [6.45, 7) is 5.29. The van der Waals surface area contributed by atoms with E-state index in [0.29, 0.717) is 28.9 Å². The SMILES string of the molecule is Cc1c(C(=O)N2CC[C@@H]3CNC[C@@H]3CC2)nnn1-c1cccc([N+](=O)[O-])c1. The summed E-state index contributed by atoms with van der Waals surface area (Å²) >= 11 is 0. The molecule has 1 aromatic heterocycles. The van der Waals surface area contributed by atoms with Gasteiger partial charge in [-0.1, -0.05) is 11.3 Å². The molecule has 2 aromatic rings. The Labute approximate surface area is 156 Å². The van der Waals surface area contributed by atoms with Gasteiger partial charge in [-0.05, 0) is 50.8 Å². The van der Waals surface area contributed by atoms with E-state index in [-0.39, 0.29) is 11.6 Å². The number of hydrogen-bond donors (Lipinski definition) is 1. The van der Waals surface area contributed by atoms with Crippen LogP contribution < -0.4 is 5.32 Å². The third-order valence-electron chi connectivity index (χ3n) is 5.69. The Morgan fingerprint density at radius 2 is 1.96 bits per heavy atom. The maximum absolute atomic E-state index is 13.0. The summed E-state index contributed by atoms with van der Waals surface area (Å²) < 4.78 is 1.48. The zero-order valence-electron chi connectivity index (χ0n) is 15.2. The Kier molecular flexibility index (Phi) is 4.61. The van der Waals surface area contributed by atoms with Gasteiger partial charge in [-0.3, -0.25) is 14.9 Å². The molecule has 4 rings (SSSR count). The third kappa shape index (κ3) is 3.30. The van der Waals surface area contributed by atoms with Gasteiger partial charge in [-0.25, -0.2) is 4.68 Å². The van der Waals surface area contributed by atoms with Gasteiger partial charge in [-0.15, -0.1) is 5.10 Å². The first-order chi connectivity index (χ1) is 13.0. The van der Waals surface area contributed by atoms with Gasteiger partial charge in [0.1, 0.15) is 0 Å². The lowest BCUT2D eigenvalue weighted by molar-refractivity contribution is -0.384. The van der Waals surface area contributed by atoms with Crippen molar-refractivity contribution in [2.75, 3.05) is 26.2 Å². The van der Waals surface area contributed by atoms with Crippen molar-refractivity contribution in [3.63, 3.8) is 0 Å². The van der Waals surface area contributed by atoms with Gasteiger partial charge < -0.3 is 10.2 Å². The van der Waals surface area contributed by atoms with Gasteiger partial charge in [0.2, 0.25) is 0 Å². The minimum Gasteiger partial charge on any atom is -0.337 e. The average molecular weight is 370 g/mol. The molecule has 0 unspecified atom stereocenters. The van der Waals surface area contributed by atoms with Crippen LogP contribution in [0.5, 0.6) is 0 Å². The van der Waals surface area contributed by atoms with Gasteiger partial charge in [0.25, 0.3) is 11.6 Å². The minimum absolute atomic E-state index is 0.0251. The quantitative estimate of drug-likeness (QED) is 0.649. The van der Waals surface area contributed by atoms with Crippen molar-refractivity contribution in [3.8, 4) is 5.69 Å². The number of carbonyl (C=O) groups is 1. The molecule has 0 spiro atoms. The van der Waals surface area contributed by atoms with Crippen LogP contribution in [-0.2, 0) is 0 Å². The lowest BCUT2D eigenvalue weighted by Gasteiger charge is -2.20. The number of nitrogens with one attached hydrogen (secondary N) is 1. The second kappa shape index (κ2) is 7.07. The number of nitrogens with zero attached hydrogens (tertiary/aromatic N) is 5. The van der Waals surface area contributed by atoms with E-state index in [0.717, 1.165) is 39.0 Å². The molecular formula is C18H22N6O3. The van der Waals surface area contributed by atoms with Crippen molar-refractivity contribution < 1.29 is 9.72 Å². The Hall–Kier alpha value is -2.81. The van der Waals surface area contributed by atoms with E-state index in [4.69, 9.17) is 0 Å². The highest BCUT2D eigenvalue weighted by molar-refractivity contribution is 5.93. The molecule has 0 bridgehead atoms. The van der Waals surface area contributed by atoms with Crippen LogP contribution in [0, 0.1) is 28.9 Å². The van der Waals surface area contributed by atoms with E-state index in [9.17, 15) is 14.9 Å². The van der Waals surface area contributed by atoms with Crippen LogP contribution in [0.4, 0.5) is 5.69 Å². The molecule has 0 radical (unpaired) electrons. The molecule has 9 nitrogen and oxygen atoms in total. The molecule has 1 aromatic carbocycles. The second-order valence-corrected chi connectivity index (χ2v) is 7.26. The number of fused-ring (bicyclic) bond motifs is 1. The summed E-state index contributed by atoms with van der Waals surface area (Å²) in [5.41, 5.74) is 1.39. The maximum atomic E-state index is 13.0. The summed E-state index contributed by atoms with van der Waals surface area (Å²) in [6, 6.07) is 6.15. The van der Waals surface area contributed by atoms with Crippen molar-refractivity contribution in [1.82, 2.24) is 25.2 Å². The second-order valence-electron chi connectivity index (χ2n) is 7.26. The average Bonchev–Trinajstić information content (AvgIpc) is 3.22. The van der Waals surface area contributed by atoms with Crippen LogP contribution in [0.25, 0.3) is 5.69 Å². The highest BCUT2D eigenvalue weighted by Gasteiger charge is 2.33. The largest absolute Gasteiger partial charge is 0.337 e. The molecular weight excluding hydrogens is 348 g/mol.